The lowest BCUT2D eigenvalue weighted by molar-refractivity contribution is -0.156. The van der Waals surface area contributed by atoms with Gasteiger partial charge in [0.1, 0.15) is 6.04 Å². The first-order chi connectivity index (χ1) is 8.63. The van der Waals surface area contributed by atoms with Gasteiger partial charge in [-0.05, 0) is 38.5 Å². The van der Waals surface area contributed by atoms with Crippen LogP contribution in [0.3, 0.4) is 0 Å². The minimum Gasteiger partial charge on any atom is -0.467 e. The Hall–Kier alpha value is -1.10. The van der Waals surface area contributed by atoms with E-state index in [9.17, 15) is 9.59 Å². The summed E-state index contributed by atoms with van der Waals surface area (Å²) >= 11 is 0. The molecule has 0 aromatic heterocycles. The number of hydrogen-bond acceptors (Lipinski definition) is 4. The number of nitrogens with zero attached hydrogens (tertiary/aromatic N) is 1. The molecule has 1 saturated carbocycles. The molecule has 1 aliphatic carbocycles. The van der Waals surface area contributed by atoms with Crippen LogP contribution in [0.2, 0.25) is 0 Å². The van der Waals surface area contributed by atoms with Crippen LogP contribution in [0.5, 0.6) is 0 Å². The molecule has 1 saturated heterocycles. The normalized spacial score (nSPS) is 32.3. The Morgan fingerprint density at radius 3 is 2.61 bits per heavy atom. The molecule has 18 heavy (non-hydrogen) atoms. The van der Waals surface area contributed by atoms with Crippen LogP contribution in [0.15, 0.2) is 0 Å². The van der Waals surface area contributed by atoms with Crippen molar-refractivity contribution < 1.29 is 14.3 Å². The van der Waals surface area contributed by atoms with Crippen molar-refractivity contribution in [1.29, 1.82) is 0 Å². The summed E-state index contributed by atoms with van der Waals surface area (Å²) in [6.45, 7) is 0.671. The Balaban J connectivity index is 2.04. The first-order valence-electron chi connectivity index (χ1n) is 6.77. The van der Waals surface area contributed by atoms with E-state index in [0.29, 0.717) is 6.54 Å². The van der Waals surface area contributed by atoms with E-state index < -0.39 is 0 Å². The van der Waals surface area contributed by atoms with Crippen LogP contribution in [0.25, 0.3) is 0 Å². The van der Waals surface area contributed by atoms with E-state index >= 15 is 0 Å². The van der Waals surface area contributed by atoms with E-state index in [4.69, 9.17) is 10.5 Å². The first-order valence-corrected chi connectivity index (χ1v) is 6.77. The van der Waals surface area contributed by atoms with Crippen LogP contribution in [-0.2, 0) is 14.3 Å². The van der Waals surface area contributed by atoms with Crippen molar-refractivity contribution in [2.75, 3.05) is 13.7 Å². The van der Waals surface area contributed by atoms with Crippen LogP contribution >= 0.6 is 0 Å². The van der Waals surface area contributed by atoms with Gasteiger partial charge < -0.3 is 15.4 Å². The topological polar surface area (TPSA) is 72.6 Å². The highest BCUT2D eigenvalue weighted by atomic mass is 16.5. The fourth-order valence-corrected chi connectivity index (χ4v) is 3.05. The summed E-state index contributed by atoms with van der Waals surface area (Å²) < 4.78 is 4.80. The number of amides is 1. The highest BCUT2D eigenvalue weighted by molar-refractivity contribution is 5.86. The molecule has 102 valence electrons. The second-order valence-corrected chi connectivity index (χ2v) is 5.34. The van der Waals surface area contributed by atoms with Gasteiger partial charge in [-0.3, -0.25) is 4.79 Å². The van der Waals surface area contributed by atoms with Gasteiger partial charge in [0.15, 0.2) is 0 Å². The number of piperidine rings is 1. The van der Waals surface area contributed by atoms with Crippen LogP contribution in [0.1, 0.15) is 38.5 Å². The summed E-state index contributed by atoms with van der Waals surface area (Å²) in [5, 5.41) is 0. The molecular weight excluding hydrogens is 232 g/mol. The largest absolute Gasteiger partial charge is 0.467 e. The Morgan fingerprint density at radius 1 is 1.22 bits per heavy atom. The standard InChI is InChI=1S/C13H22N2O3/c1-18-13(17)11-4-2-3-7-15(11)12(16)9-5-6-10(14)8-9/h9-11H,2-8,14H2,1H3. The van der Waals surface area contributed by atoms with Crippen LogP contribution in [-0.4, -0.2) is 42.5 Å². The zero-order valence-corrected chi connectivity index (χ0v) is 10.9. The zero-order chi connectivity index (χ0) is 13.1. The average molecular weight is 254 g/mol. The van der Waals surface area contributed by atoms with E-state index in [-0.39, 0.29) is 29.9 Å². The van der Waals surface area contributed by atoms with Gasteiger partial charge in [0.25, 0.3) is 0 Å². The van der Waals surface area contributed by atoms with Gasteiger partial charge in [0.2, 0.25) is 5.91 Å². The number of esters is 1. The fraction of sp³-hybridized carbons (Fsp3) is 0.846. The quantitative estimate of drug-likeness (QED) is 0.735. The van der Waals surface area contributed by atoms with Gasteiger partial charge in [-0.1, -0.05) is 0 Å². The maximum absolute atomic E-state index is 12.4. The molecule has 5 nitrogen and oxygen atoms in total. The second-order valence-electron chi connectivity index (χ2n) is 5.34. The van der Waals surface area contributed by atoms with Crippen molar-refractivity contribution in [3.63, 3.8) is 0 Å². The number of nitrogens with two attached hydrogens (primary N) is 1. The SMILES string of the molecule is COC(=O)C1CCCCN1C(=O)C1CCC(N)C1. The Labute approximate surface area is 108 Å². The maximum Gasteiger partial charge on any atom is 0.328 e. The predicted molar refractivity (Wildman–Crippen MR) is 66.7 cm³/mol. The summed E-state index contributed by atoms with van der Waals surface area (Å²) in [5.41, 5.74) is 5.85. The molecule has 2 N–H and O–H groups in total. The number of carbonyl (C=O) groups excluding carboxylic acids is 2. The fourth-order valence-electron chi connectivity index (χ4n) is 3.05. The summed E-state index contributed by atoms with van der Waals surface area (Å²) in [6.07, 6.45) is 5.18. The van der Waals surface area contributed by atoms with Gasteiger partial charge in [-0.25, -0.2) is 4.79 Å². The third-order valence-electron chi connectivity index (χ3n) is 4.08. The molecule has 0 aromatic carbocycles. The van der Waals surface area contributed by atoms with E-state index in [2.05, 4.69) is 0 Å². The van der Waals surface area contributed by atoms with E-state index in [0.717, 1.165) is 38.5 Å². The van der Waals surface area contributed by atoms with Crippen molar-refractivity contribution in [3.8, 4) is 0 Å². The monoisotopic (exact) mass is 254 g/mol. The Kier molecular flexibility index (Phi) is 4.22. The molecule has 0 bridgehead atoms. The average Bonchev–Trinajstić information content (AvgIpc) is 2.83. The molecule has 0 spiro atoms. The third kappa shape index (κ3) is 2.66. The smallest absolute Gasteiger partial charge is 0.328 e. The molecule has 2 aliphatic rings. The molecule has 1 aliphatic heterocycles. The minimum absolute atomic E-state index is 0.00487. The lowest BCUT2D eigenvalue weighted by Gasteiger charge is -2.35. The van der Waals surface area contributed by atoms with Crippen LogP contribution in [0, 0.1) is 5.92 Å². The number of carbonyl (C=O) groups is 2. The van der Waals surface area contributed by atoms with Crippen molar-refractivity contribution in [1.82, 2.24) is 4.90 Å². The maximum atomic E-state index is 12.4. The summed E-state index contributed by atoms with van der Waals surface area (Å²) in [7, 11) is 1.38. The predicted octanol–water partition coefficient (Wildman–Crippen LogP) is 0.668. The molecule has 1 heterocycles. The van der Waals surface area contributed by atoms with Crippen molar-refractivity contribution in [3.05, 3.63) is 0 Å². The number of methoxy groups -OCH3 is 1. The zero-order valence-electron chi connectivity index (χ0n) is 10.9. The van der Waals surface area contributed by atoms with Crippen molar-refractivity contribution in [2.24, 2.45) is 11.7 Å². The summed E-state index contributed by atoms with van der Waals surface area (Å²) in [6, 6.07) is -0.242. The van der Waals surface area contributed by atoms with Gasteiger partial charge in [0.05, 0.1) is 7.11 Å². The molecule has 0 radical (unpaired) electrons. The van der Waals surface area contributed by atoms with Crippen molar-refractivity contribution in [2.45, 2.75) is 50.6 Å². The molecule has 2 fully saturated rings. The summed E-state index contributed by atoms with van der Waals surface area (Å²) in [4.78, 5) is 25.9. The lowest BCUT2D eigenvalue weighted by atomic mass is 9.98. The van der Waals surface area contributed by atoms with Crippen LogP contribution in [0.4, 0.5) is 0 Å². The molecule has 3 atom stereocenters. The molecule has 3 unspecified atom stereocenters. The summed E-state index contributed by atoms with van der Waals surface area (Å²) in [5.74, 6) is -0.186. The number of rotatable bonds is 2. The minimum atomic E-state index is -0.381. The Morgan fingerprint density at radius 2 is 2.00 bits per heavy atom. The number of likely N-dealkylation sites (tertiary alicyclic amines) is 1. The highest BCUT2D eigenvalue weighted by Crippen LogP contribution is 2.29. The van der Waals surface area contributed by atoms with Gasteiger partial charge in [-0.2, -0.15) is 0 Å². The van der Waals surface area contributed by atoms with Gasteiger partial charge in [-0.15, -0.1) is 0 Å². The molecule has 5 heteroatoms. The lowest BCUT2D eigenvalue weighted by Crippen LogP contribution is -2.50. The highest BCUT2D eigenvalue weighted by Gasteiger charge is 2.38. The van der Waals surface area contributed by atoms with E-state index in [1.54, 1.807) is 4.90 Å². The van der Waals surface area contributed by atoms with E-state index in [1.807, 2.05) is 0 Å². The number of hydrogen-bond donors (Lipinski definition) is 1. The number of ether oxygens (including phenoxy) is 1. The molecule has 0 aromatic rings. The first kappa shape index (κ1) is 13.3. The third-order valence-corrected chi connectivity index (χ3v) is 4.08. The van der Waals surface area contributed by atoms with Gasteiger partial charge in [0, 0.05) is 18.5 Å². The second kappa shape index (κ2) is 5.69. The molecular formula is C13H22N2O3. The van der Waals surface area contributed by atoms with Crippen LogP contribution < -0.4 is 5.73 Å². The van der Waals surface area contributed by atoms with Gasteiger partial charge >= 0.3 is 5.97 Å². The van der Waals surface area contributed by atoms with E-state index in [1.165, 1.54) is 7.11 Å². The molecule has 2 rings (SSSR count). The van der Waals surface area contributed by atoms with Crippen molar-refractivity contribution >= 4 is 11.9 Å². The Bertz CT molecular complexity index is 332. The molecule has 1 amide bonds.